The van der Waals surface area contributed by atoms with Gasteiger partial charge >= 0.3 is 5.69 Å². The van der Waals surface area contributed by atoms with Crippen molar-refractivity contribution >= 4 is 11.0 Å². The van der Waals surface area contributed by atoms with Gasteiger partial charge in [-0.2, -0.15) is 0 Å². The SMILES string of the molecule is CC(CC(N)c1ccc2[nH]c(=O)[nH]c2c1)C(C)(C)C. The third kappa shape index (κ3) is 3.07. The number of fused-ring (bicyclic) bond motifs is 1. The van der Waals surface area contributed by atoms with Crippen LogP contribution in [0.25, 0.3) is 11.0 Å². The van der Waals surface area contributed by atoms with Crippen molar-refractivity contribution in [3.05, 3.63) is 34.2 Å². The molecule has 4 nitrogen and oxygen atoms in total. The van der Waals surface area contributed by atoms with Gasteiger partial charge < -0.3 is 15.7 Å². The molecule has 2 atom stereocenters. The quantitative estimate of drug-likeness (QED) is 0.794. The Bertz CT molecular complexity index is 618. The molecule has 0 spiro atoms. The highest BCUT2D eigenvalue weighted by molar-refractivity contribution is 5.75. The molecule has 0 saturated heterocycles. The summed E-state index contributed by atoms with van der Waals surface area (Å²) in [7, 11) is 0. The van der Waals surface area contributed by atoms with E-state index in [4.69, 9.17) is 5.73 Å². The van der Waals surface area contributed by atoms with E-state index >= 15 is 0 Å². The van der Waals surface area contributed by atoms with Crippen LogP contribution in [0.5, 0.6) is 0 Å². The first-order valence-corrected chi connectivity index (χ1v) is 6.75. The molecule has 0 saturated carbocycles. The van der Waals surface area contributed by atoms with Crippen LogP contribution in [0, 0.1) is 11.3 Å². The molecule has 1 heterocycles. The van der Waals surface area contributed by atoms with Gasteiger partial charge in [-0.15, -0.1) is 0 Å². The predicted octanol–water partition coefficient (Wildman–Crippen LogP) is 2.93. The lowest BCUT2D eigenvalue weighted by atomic mass is 9.78. The summed E-state index contributed by atoms with van der Waals surface area (Å²) in [6, 6.07) is 5.86. The van der Waals surface area contributed by atoms with E-state index in [9.17, 15) is 4.79 Å². The second-order valence-corrected chi connectivity index (χ2v) is 6.49. The topological polar surface area (TPSA) is 74.7 Å². The number of nitrogens with two attached hydrogens (primary N) is 1. The van der Waals surface area contributed by atoms with Crippen LogP contribution in [0.2, 0.25) is 0 Å². The molecule has 4 heteroatoms. The van der Waals surface area contributed by atoms with Crippen LogP contribution < -0.4 is 11.4 Å². The number of aromatic nitrogens is 2. The van der Waals surface area contributed by atoms with Crippen LogP contribution in [0.15, 0.2) is 23.0 Å². The highest BCUT2D eigenvalue weighted by Crippen LogP contribution is 2.32. The van der Waals surface area contributed by atoms with Gasteiger partial charge in [-0.1, -0.05) is 33.8 Å². The third-order valence-corrected chi connectivity index (χ3v) is 4.05. The number of H-pyrrole nitrogens is 2. The lowest BCUT2D eigenvalue weighted by Crippen LogP contribution is -2.23. The minimum absolute atomic E-state index is 0.00275. The molecule has 0 aliphatic heterocycles. The number of hydrogen-bond donors (Lipinski definition) is 3. The van der Waals surface area contributed by atoms with Gasteiger partial charge in [0.1, 0.15) is 0 Å². The van der Waals surface area contributed by atoms with Crippen LogP contribution in [0.3, 0.4) is 0 Å². The van der Waals surface area contributed by atoms with Gasteiger partial charge in [0.05, 0.1) is 11.0 Å². The molecule has 1 aromatic carbocycles. The zero-order chi connectivity index (χ0) is 14.2. The zero-order valence-electron chi connectivity index (χ0n) is 12.1. The van der Waals surface area contributed by atoms with Crippen molar-refractivity contribution in [2.45, 2.75) is 40.2 Å². The lowest BCUT2D eigenvalue weighted by molar-refractivity contribution is 0.234. The summed E-state index contributed by atoms with van der Waals surface area (Å²) in [6.45, 7) is 8.93. The molecule has 0 radical (unpaired) electrons. The van der Waals surface area contributed by atoms with Crippen LogP contribution in [0.1, 0.15) is 45.7 Å². The smallest absolute Gasteiger partial charge is 0.323 e. The van der Waals surface area contributed by atoms with Crippen LogP contribution >= 0.6 is 0 Å². The van der Waals surface area contributed by atoms with E-state index in [-0.39, 0.29) is 17.1 Å². The monoisotopic (exact) mass is 261 g/mol. The number of nitrogens with one attached hydrogen (secondary N) is 2. The van der Waals surface area contributed by atoms with E-state index in [2.05, 4.69) is 37.7 Å². The number of aromatic amines is 2. The molecule has 2 unspecified atom stereocenters. The van der Waals surface area contributed by atoms with E-state index in [1.807, 2.05) is 18.2 Å². The van der Waals surface area contributed by atoms with Crippen molar-refractivity contribution in [2.24, 2.45) is 17.1 Å². The summed E-state index contributed by atoms with van der Waals surface area (Å²) in [5, 5.41) is 0. The Hall–Kier alpha value is -1.55. The van der Waals surface area contributed by atoms with Gasteiger partial charge in [0.2, 0.25) is 0 Å². The molecule has 2 aromatic rings. The highest BCUT2D eigenvalue weighted by atomic mass is 16.1. The fourth-order valence-corrected chi connectivity index (χ4v) is 2.15. The van der Waals surface area contributed by atoms with Crippen molar-refractivity contribution in [3.63, 3.8) is 0 Å². The second-order valence-electron chi connectivity index (χ2n) is 6.49. The van der Waals surface area contributed by atoms with E-state index in [0.29, 0.717) is 5.92 Å². The fourth-order valence-electron chi connectivity index (χ4n) is 2.15. The van der Waals surface area contributed by atoms with Gasteiger partial charge in [0.15, 0.2) is 0 Å². The number of imidazole rings is 1. The van der Waals surface area contributed by atoms with E-state index in [1.54, 1.807) is 0 Å². The Balaban J connectivity index is 2.21. The predicted molar refractivity (Wildman–Crippen MR) is 79.1 cm³/mol. The average Bonchev–Trinajstić information content (AvgIpc) is 2.66. The largest absolute Gasteiger partial charge is 0.324 e. The number of rotatable bonds is 3. The maximum atomic E-state index is 11.2. The minimum atomic E-state index is -0.177. The Morgan fingerprint density at radius 2 is 1.84 bits per heavy atom. The Morgan fingerprint density at radius 1 is 1.21 bits per heavy atom. The molecular weight excluding hydrogens is 238 g/mol. The molecule has 0 bridgehead atoms. The van der Waals surface area contributed by atoms with Crippen molar-refractivity contribution in [1.82, 2.24) is 9.97 Å². The summed E-state index contributed by atoms with van der Waals surface area (Å²) in [5.74, 6) is 0.531. The van der Waals surface area contributed by atoms with Crippen LogP contribution in [-0.4, -0.2) is 9.97 Å². The summed E-state index contributed by atoms with van der Waals surface area (Å²) in [4.78, 5) is 16.7. The van der Waals surface area contributed by atoms with Gasteiger partial charge in [0.25, 0.3) is 0 Å². The first kappa shape index (κ1) is 13.9. The highest BCUT2D eigenvalue weighted by Gasteiger charge is 2.22. The maximum absolute atomic E-state index is 11.2. The third-order valence-electron chi connectivity index (χ3n) is 4.05. The molecule has 1 aromatic heterocycles. The molecule has 19 heavy (non-hydrogen) atoms. The summed E-state index contributed by atoms with van der Waals surface area (Å²) in [5.41, 5.74) is 9.08. The molecule has 2 rings (SSSR count). The number of benzene rings is 1. The van der Waals surface area contributed by atoms with Crippen molar-refractivity contribution in [2.75, 3.05) is 0 Å². The zero-order valence-corrected chi connectivity index (χ0v) is 12.1. The van der Waals surface area contributed by atoms with Gasteiger partial charge in [-0.05, 0) is 35.4 Å². The molecule has 0 aliphatic rings. The Kier molecular flexibility index (Phi) is 3.54. The molecule has 104 valence electrons. The fraction of sp³-hybridized carbons (Fsp3) is 0.533. The van der Waals surface area contributed by atoms with E-state index in [1.165, 1.54) is 0 Å². The molecule has 0 aliphatic carbocycles. The van der Waals surface area contributed by atoms with Crippen LogP contribution in [0.4, 0.5) is 0 Å². The lowest BCUT2D eigenvalue weighted by Gasteiger charge is -2.29. The first-order chi connectivity index (χ1) is 8.77. The van der Waals surface area contributed by atoms with Crippen molar-refractivity contribution in [3.8, 4) is 0 Å². The first-order valence-electron chi connectivity index (χ1n) is 6.75. The van der Waals surface area contributed by atoms with Crippen molar-refractivity contribution in [1.29, 1.82) is 0 Å². The molecular formula is C15H23N3O. The maximum Gasteiger partial charge on any atom is 0.323 e. The van der Waals surface area contributed by atoms with E-state index < -0.39 is 0 Å². The van der Waals surface area contributed by atoms with E-state index in [0.717, 1.165) is 23.0 Å². The standard InChI is InChI=1S/C15H23N3O/c1-9(15(2,3)4)7-11(16)10-5-6-12-13(8-10)18-14(19)17-12/h5-6,8-9,11H,7,16H2,1-4H3,(H2,17,18,19). The number of hydrogen-bond acceptors (Lipinski definition) is 2. The average molecular weight is 261 g/mol. The van der Waals surface area contributed by atoms with Gasteiger partial charge in [0, 0.05) is 6.04 Å². The van der Waals surface area contributed by atoms with Crippen LogP contribution in [-0.2, 0) is 0 Å². The Morgan fingerprint density at radius 3 is 2.47 bits per heavy atom. The second kappa shape index (κ2) is 4.85. The van der Waals surface area contributed by atoms with Gasteiger partial charge in [-0.3, -0.25) is 0 Å². The minimum Gasteiger partial charge on any atom is -0.324 e. The summed E-state index contributed by atoms with van der Waals surface area (Å²) >= 11 is 0. The normalized spacial score (nSPS) is 15.6. The molecule has 0 fully saturated rings. The Labute approximate surface area is 113 Å². The van der Waals surface area contributed by atoms with Crippen molar-refractivity contribution < 1.29 is 0 Å². The molecule has 0 amide bonds. The molecule has 4 N–H and O–H groups in total. The van der Waals surface area contributed by atoms with Gasteiger partial charge in [-0.25, -0.2) is 4.79 Å². The summed E-state index contributed by atoms with van der Waals surface area (Å²) in [6.07, 6.45) is 0.934. The summed E-state index contributed by atoms with van der Waals surface area (Å²) < 4.78 is 0.